The van der Waals surface area contributed by atoms with E-state index in [2.05, 4.69) is 40.3 Å². The van der Waals surface area contributed by atoms with Gasteiger partial charge in [0.15, 0.2) is 0 Å². The first kappa shape index (κ1) is 18.5. The Bertz CT molecular complexity index is 599. The first-order valence-corrected chi connectivity index (χ1v) is 7.68. The Morgan fingerprint density at radius 2 is 1.73 bits per heavy atom. The number of anilines is 1. The van der Waals surface area contributed by atoms with Crippen molar-refractivity contribution >= 4 is 40.0 Å². The molecule has 0 aliphatic heterocycles. The van der Waals surface area contributed by atoms with E-state index in [1.165, 1.54) is 5.56 Å². The SMILES string of the molecule is CCOC(=O)c1ccc(NC(C)c2ccc(Br)cc2)cc1.Cl. The van der Waals surface area contributed by atoms with Crippen LogP contribution in [0.1, 0.15) is 35.8 Å². The Kier molecular flexibility index (Phi) is 7.42. The smallest absolute Gasteiger partial charge is 0.338 e. The highest BCUT2D eigenvalue weighted by Crippen LogP contribution is 2.21. The number of esters is 1. The van der Waals surface area contributed by atoms with Crippen molar-refractivity contribution in [2.75, 3.05) is 11.9 Å². The second-order valence-corrected chi connectivity index (χ2v) is 5.63. The minimum absolute atomic E-state index is 0. The van der Waals surface area contributed by atoms with Gasteiger partial charge in [-0.15, -0.1) is 12.4 Å². The predicted octanol–water partition coefficient (Wildman–Crippen LogP) is 5.22. The van der Waals surface area contributed by atoms with Gasteiger partial charge in [-0.05, 0) is 55.8 Å². The molecular formula is C17H19BrClNO2. The van der Waals surface area contributed by atoms with Crippen LogP contribution in [0.5, 0.6) is 0 Å². The number of hydrogen-bond donors (Lipinski definition) is 1. The summed E-state index contributed by atoms with van der Waals surface area (Å²) >= 11 is 3.43. The number of hydrogen-bond acceptors (Lipinski definition) is 3. The second kappa shape index (κ2) is 8.81. The molecule has 1 atom stereocenters. The van der Waals surface area contributed by atoms with Crippen molar-refractivity contribution in [2.24, 2.45) is 0 Å². The maximum Gasteiger partial charge on any atom is 0.338 e. The van der Waals surface area contributed by atoms with E-state index in [9.17, 15) is 4.79 Å². The standard InChI is InChI=1S/C17H18BrNO2.ClH/c1-3-21-17(20)14-6-10-16(11-7-14)19-12(2)13-4-8-15(18)9-5-13;/h4-12,19H,3H2,1-2H3;1H. The van der Waals surface area contributed by atoms with Crippen LogP contribution in [-0.2, 0) is 4.74 Å². The molecule has 0 saturated heterocycles. The Hall–Kier alpha value is -1.52. The fraction of sp³-hybridized carbons (Fsp3) is 0.235. The number of halogens is 2. The molecule has 0 bridgehead atoms. The monoisotopic (exact) mass is 383 g/mol. The molecule has 0 aromatic heterocycles. The quantitative estimate of drug-likeness (QED) is 0.718. The molecule has 1 N–H and O–H groups in total. The lowest BCUT2D eigenvalue weighted by atomic mass is 10.1. The van der Waals surface area contributed by atoms with Crippen LogP contribution in [0.2, 0.25) is 0 Å². The van der Waals surface area contributed by atoms with E-state index in [-0.39, 0.29) is 24.4 Å². The van der Waals surface area contributed by atoms with Crippen LogP contribution in [0.15, 0.2) is 53.0 Å². The molecule has 0 saturated carbocycles. The highest BCUT2D eigenvalue weighted by Gasteiger charge is 2.08. The summed E-state index contributed by atoms with van der Waals surface area (Å²) in [5.74, 6) is -0.287. The second-order valence-electron chi connectivity index (χ2n) is 4.72. The summed E-state index contributed by atoms with van der Waals surface area (Å²) in [6.45, 7) is 4.29. The van der Waals surface area contributed by atoms with Gasteiger partial charge in [0.25, 0.3) is 0 Å². The van der Waals surface area contributed by atoms with Gasteiger partial charge in [-0.3, -0.25) is 0 Å². The molecule has 1 unspecified atom stereocenters. The molecule has 5 heteroatoms. The third-order valence-corrected chi connectivity index (χ3v) is 3.68. The molecule has 0 aliphatic rings. The molecule has 3 nitrogen and oxygen atoms in total. The van der Waals surface area contributed by atoms with Crippen LogP contribution in [0, 0.1) is 0 Å². The lowest BCUT2D eigenvalue weighted by Crippen LogP contribution is -2.07. The third-order valence-electron chi connectivity index (χ3n) is 3.15. The lowest BCUT2D eigenvalue weighted by Gasteiger charge is -2.16. The van der Waals surface area contributed by atoms with Crippen LogP contribution in [0.4, 0.5) is 5.69 Å². The topological polar surface area (TPSA) is 38.3 Å². The van der Waals surface area contributed by atoms with Crippen LogP contribution in [0.25, 0.3) is 0 Å². The van der Waals surface area contributed by atoms with Gasteiger partial charge >= 0.3 is 5.97 Å². The maximum atomic E-state index is 11.6. The average molecular weight is 385 g/mol. The number of carbonyl (C=O) groups excluding carboxylic acids is 1. The van der Waals surface area contributed by atoms with Gasteiger partial charge in [-0.2, -0.15) is 0 Å². The van der Waals surface area contributed by atoms with Crippen molar-refractivity contribution < 1.29 is 9.53 Å². The van der Waals surface area contributed by atoms with Crippen molar-refractivity contribution in [1.82, 2.24) is 0 Å². The summed E-state index contributed by atoms with van der Waals surface area (Å²) < 4.78 is 6.03. The molecular weight excluding hydrogens is 366 g/mol. The molecule has 0 radical (unpaired) electrons. The molecule has 118 valence electrons. The zero-order chi connectivity index (χ0) is 15.2. The Morgan fingerprint density at radius 3 is 2.27 bits per heavy atom. The molecule has 0 fully saturated rings. The normalized spacial score (nSPS) is 11.2. The molecule has 2 aromatic rings. The highest BCUT2D eigenvalue weighted by molar-refractivity contribution is 9.10. The van der Waals surface area contributed by atoms with Crippen LogP contribution >= 0.6 is 28.3 Å². The number of ether oxygens (including phenoxy) is 1. The first-order chi connectivity index (χ1) is 10.1. The largest absolute Gasteiger partial charge is 0.462 e. The minimum Gasteiger partial charge on any atom is -0.462 e. The molecule has 0 amide bonds. The van der Waals surface area contributed by atoms with Crippen LogP contribution < -0.4 is 5.32 Å². The Labute approximate surface area is 145 Å². The fourth-order valence-corrected chi connectivity index (χ4v) is 2.27. The van der Waals surface area contributed by atoms with E-state index < -0.39 is 0 Å². The first-order valence-electron chi connectivity index (χ1n) is 6.89. The number of benzene rings is 2. The Balaban J connectivity index is 0.00000242. The van der Waals surface area contributed by atoms with Gasteiger partial charge in [0, 0.05) is 16.2 Å². The zero-order valence-corrected chi connectivity index (χ0v) is 14.9. The summed E-state index contributed by atoms with van der Waals surface area (Å²) in [6, 6.07) is 15.7. The Morgan fingerprint density at radius 1 is 1.14 bits per heavy atom. The molecule has 0 aliphatic carbocycles. The van der Waals surface area contributed by atoms with Gasteiger partial charge in [0.1, 0.15) is 0 Å². The fourth-order valence-electron chi connectivity index (χ4n) is 2.00. The summed E-state index contributed by atoms with van der Waals surface area (Å²) in [5.41, 5.74) is 2.74. The van der Waals surface area contributed by atoms with Crippen molar-refractivity contribution in [1.29, 1.82) is 0 Å². The van der Waals surface area contributed by atoms with Gasteiger partial charge in [-0.1, -0.05) is 28.1 Å². The molecule has 0 spiro atoms. The maximum absolute atomic E-state index is 11.6. The van der Waals surface area contributed by atoms with Crippen LogP contribution in [0.3, 0.4) is 0 Å². The third kappa shape index (κ3) is 5.04. The van der Waals surface area contributed by atoms with E-state index in [0.29, 0.717) is 12.2 Å². The number of nitrogens with one attached hydrogen (secondary N) is 1. The predicted molar refractivity (Wildman–Crippen MR) is 95.8 cm³/mol. The van der Waals surface area contributed by atoms with E-state index in [0.717, 1.165) is 10.2 Å². The van der Waals surface area contributed by atoms with Crippen molar-refractivity contribution in [3.63, 3.8) is 0 Å². The van der Waals surface area contributed by atoms with Crippen molar-refractivity contribution in [3.8, 4) is 0 Å². The lowest BCUT2D eigenvalue weighted by molar-refractivity contribution is 0.0526. The molecule has 22 heavy (non-hydrogen) atoms. The average Bonchev–Trinajstić information content (AvgIpc) is 2.49. The van der Waals surface area contributed by atoms with E-state index in [1.54, 1.807) is 19.1 Å². The van der Waals surface area contributed by atoms with E-state index in [4.69, 9.17) is 4.74 Å². The van der Waals surface area contributed by atoms with E-state index in [1.807, 2.05) is 24.3 Å². The molecule has 2 aromatic carbocycles. The minimum atomic E-state index is -0.287. The summed E-state index contributed by atoms with van der Waals surface area (Å²) in [7, 11) is 0. The number of carbonyl (C=O) groups is 1. The van der Waals surface area contributed by atoms with Gasteiger partial charge in [0.05, 0.1) is 12.2 Å². The van der Waals surface area contributed by atoms with Crippen LogP contribution in [-0.4, -0.2) is 12.6 Å². The van der Waals surface area contributed by atoms with Gasteiger partial charge < -0.3 is 10.1 Å². The number of rotatable bonds is 5. The molecule has 0 heterocycles. The zero-order valence-electron chi connectivity index (χ0n) is 12.5. The van der Waals surface area contributed by atoms with Gasteiger partial charge in [-0.25, -0.2) is 4.79 Å². The summed E-state index contributed by atoms with van der Waals surface area (Å²) in [5, 5.41) is 3.41. The summed E-state index contributed by atoms with van der Waals surface area (Å²) in [6.07, 6.45) is 0. The summed E-state index contributed by atoms with van der Waals surface area (Å²) in [4.78, 5) is 11.6. The highest BCUT2D eigenvalue weighted by atomic mass is 79.9. The van der Waals surface area contributed by atoms with Crippen molar-refractivity contribution in [3.05, 3.63) is 64.1 Å². The van der Waals surface area contributed by atoms with Gasteiger partial charge in [0.2, 0.25) is 0 Å². The van der Waals surface area contributed by atoms with Crippen molar-refractivity contribution in [2.45, 2.75) is 19.9 Å². The van der Waals surface area contributed by atoms with E-state index >= 15 is 0 Å². The molecule has 2 rings (SSSR count).